The molecule has 1 aromatic heterocycles. The number of rotatable bonds is 9. The molecule has 0 bridgehead atoms. The summed E-state index contributed by atoms with van der Waals surface area (Å²) in [5, 5.41) is 1.97. The van der Waals surface area contributed by atoms with Gasteiger partial charge in [0.1, 0.15) is 6.61 Å². The number of carbonyl (C=O) groups excluding carboxylic acids is 1. The van der Waals surface area contributed by atoms with E-state index in [1.54, 1.807) is 58.7 Å². The molecule has 3 aromatic rings. The molecular formula is C28H31FN2O5S2. The number of thiophene rings is 1. The number of amides is 1. The van der Waals surface area contributed by atoms with Crippen LogP contribution in [-0.2, 0) is 26.0 Å². The van der Waals surface area contributed by atoms with Crippen molar-refractivity contribution in [1.29, 1.82) is 0 Å². The fourth-order valence-corrected chi connectivity index (χ4v) is 7.32. The van der Waals surface area contributed by atoms with Gasteiger partial charge in [-0.25, -0.2) is 12.8 Å². The molecule has 2 aliphatic heterocycles. The number of sulfonamides is 1. The van der Waals surface area contributed by atoms with Crippen LogP contribution in [0.25, 0.3) is 0 Å². The number of nitrogens with zero attached hydrogens (tertiary/aromatic N) is 2. The van der Waals surface area contributed by atoms with Crippen molar-refractivity contribution in [2.45, 2.75) is 43.2 Å². The van der Waals surface area contributed by atoms with Gasteiger partial charge < -0.3 is 14.4 Å². The van der Waals surface area contributed by atoms with Crippen molar-refractivity contribution >= 4 is 27.3 Å². The van der Waals surface area contributed by atoms with Gasteiger partial charge in [0, 0.05) is 24.6 Å². The zero-order chi connectivity index (χ0) is 26.7. The summed E-state index contributed by atoms with van der Waals surface area (Å²) in [5.74, 6) is -0.680. The first-order valence-electron chi connectivity index (χ1n) is 12.7. The van der Waals surface area contributed by atoms with Gasteiger partial charge in [-0.3, -0.25) is 4.79 Å². The molecule has 0 saturated carbocycles. The maximum Gasteiger partial charge on any atom is 0.243 e. The Morgan fingerprint density at radius 1 is 1.18 bits per heavy atom. The summed E-state index contributed by atoms with van der Waals surface area (Å²) >= 11 is 1.62. The highest BCUT2D eigenvalue weighted by Gasteiger charge is 2.36. The summed E-state index contributed by atoms with van der Waals surface area (Å²) in [5.41, 5.74) is 1.90. The first kappa shape index (κ1) is 26.8. The SMILES string of the molecule is Cc1ccc(S(=O)(=O)N(CC(=O)N2CCc3sccc3[C@H]2COc2ccccc2F)C[C@H]2CCCO2)cc1. The van der Waals surface area contributed by atoms with E-state index in [1.807, 2.05) is 18.4 Å². The van der Waals surface area contributed by atoms with Crippen LogP contribution in [0.3, 0.4) is 0 Å². The Hall–Kier alpha value is -2.79. The van der Waals surface area contributed by atoms with E-state index in [4.69, 9.17) is 9.47 Å². The van der Waals surface area contributed by atoms with Gasteiger partial charge in [0.15, 0.2) is 11.6 Å². The van der Waals surface area contributed by atoms with E-state index in [-0.39, 0.29) is 42.4 Å². The topological polar surface area (TPSA) is 76.2 Å². The third kappa shape index (κ3) is 5.78. The minimum absolute atomic E-state index is 0.0624. The van der Waals surface area contributed by atoms with Crippen molar-refractivity contribution in [2.24, 2.45) is 0 Å². The fourth-order valence-electron chi connectivity index (χ4n) is 4.97. The van der Waals surface area contributed by atoms with E-state index in [1.165, 1.54) is 10.4 Å². The number of carbonyl (C=O) groups is 1. The fraction of sp³-hybridized carbons (Fsp3) is 0.393. The lowest BCUT2D eigenvalue weighted by molar-refractivity contribution is -0.135. The second kappa shape index (κ2) is 11.5. The van der Waals surface area contributed by atoms with Crippen LogP contribution in [0.15, 0.2) is 64.9 Å². The molecule has 1 amide bonds. The maximum absolute atomic E-state index is 14.2. The Kier molecular flexibility index (Phi) is 8.13. The van der Waals surface area contributed by atoms with Crippen molar-refractivity contribution in [3.05, 3.63) is 81.8 Å². The van der Waals surface area contributed by atoms with Crippen LogP contribution >= 0.6 is 11.3 Å². The molecule has 5 rings (SSSR count). The normalized spacial score (nSPS) is 19.5. The van der Waals surface area contributed by atoms with Crippen molar-refractivity contribution < 1.29 is 27.1 Å². The Morgan fingerprint density at radius 3 is 2.71 bits per heavy atom. The number of halogens is 1. The average Bonchev–Trinajstić information content (AvgIpc) is 3.60. The molecule has 2 aliphatic rings. The number of benzene rings is 2. The van der Waals surface area contributed by atoms with E-state index in [0.29, 0.717) is 19.6 Å². The molecule has 38 heavy (non-hydrogen) atoms. The lowest BCUT2D eigenvalue weighted by atomic mass is 10.0. The standard InChI is InChI=1S/C28H31FN2O5S2/c1-20-8-10-22(11-9-20)38(33,34)30(17-21-5-4-15-35-21)18-28(32)31-14-12-27-23(13-16-37-27)25(31)19-36-26-7-3-2-6-24(26)29/h2-3,6-11,13,16,21,25H,4-5,12,14-15,17-19H2,1H3/t21-,25-/m1/s1. The Balaban J connectivity index is 1.39. The minimum Gasteiger partial charge on any atom is -0.488 e. The lowest BCUT2D eigenvalue weighted by Gasteiger charge is -2.37. The van der Waals surface area contributed by atoms with Crippen LogP contribution in [0, 0.1) is 12.7 Å². The minimum atomic E-state index is -3.94. The van der Waals surface area contributed by atoms with Crippen molar-refractivity contribution in [3.8, 4) is 5.75 Å². The number of para-hydroxylation sites is 1. The second-order valence-corrected chi connectivity index (χ2v) is 12.6. The van der Waals surface area contributed by atoms with Gasteiger partial charge >= 0.3 is 0 Å². The number of aryl methyl sites for hydroxylation is 1. The third-order valence-corrected chi connectivity index (χ3v) is 9.87. The lowest BCUT2D eigenvalue weighted by Crippen LogP contribution is -2.49. The molecular weight excluding hydrogens is 527 g/mol. The summed E-state index contributed by atoms with van der Waals surface area (Å²) < 4.78 is 54.4. The highest BCUT2D eigenvalue weighted by molar-refractivity contribution is 7.89. The molecule has 3 heterocycles. The number of hydrogen-bond donors (Lipinski definition) is 0. The Bertz CT molecular complexity index is 1370. The molecule has 202 valence electrons. The van der Waals surface area contributed by atoms with Gasteiger partial charge in [-0.05, 0) is 67.5 Å². The summed E-state index contributed by atoms with van der Waals surface area (Å²) in [6, 6.07) is 14.3. The van der Waals surface area contributed by atoms with E-state index in [2.05, 4.69) is 0 Å². The first-order valence-corrected chi connectivity index (χ1v) is 15.1. The Labute approximate surface area is 226 Å². The van der Waals surface area contributed by atoms with Gasteiger partial charge in [0.25, 0.3) is 0 Å². The van der Waals surface area contributed by atoms with Crippen molar-refractivity contribution in [2.75, 3.05) is 32.8 Å². The largest absolute Gasteiger partial charge is 0.488 e. The van der Waals surface area contributed by atoms with Gasteiger partial charge in [0.05, 0.1) is 23.6 Å². The highest BCUT2D eigenvalue weighted by atomic mass is 32.2. The van der Waals surface area contributed by atoms with Gasteiger partial charge in [-0.15, -0.1) is 11.3 Å². The summed E-state index contributed by atoms with van der Waals surface area (Å²) in [4.78, 5) is 16.8. The number of hydrogen-bond acceptors (Lipinski definition) is 6. The second-order valence-electron chi connectivity index (χ2n) is 9.64. The molecule has 0 radical (unpaired) electrons. The van der Waals surface area contributed by atoms with Crippen LogP contribution in [0.1, 0.15) is 34.9 Å². The summed E-state index contributed by atoms with van der Waals surface area (Å²) in [7, 11) is -3.94. The maximum atomic E-state index is 14.2. The molecule has 0 N–H and O–H groups in total. The molecule has 1 fully saturated rings. The van der Waals surface area contributed by atoms with E-state index in [0.717, 1.165) is 28.8 Å². The van der Waals surface area contributed by atoms with Gasteiger partial charge in [0.2, 0.25) is 15.9 Å². The molecule has 10 heteroatoms. The van der Waals surface area contributed by atoms with Crippen LogP contribution in [0.4, 0.5) is 4.39 Å². The molecule has 2 atom stereocenters. The van der Waals surface area contributed by atoms with Gasteiger partial charge in [-0.1, -0.05) is 29.8 Å². The molecule has 0 unspecified atom stereocenters. The van der Waals surface area contributed by atoms with Crippen LogP contribution in [-0.4, -0.2) is 62.5 Å². The third-order valence-electron chi connectivity index (χ3n) is 7.05. The van der Waals surface area contributed by atoms with Gasteiger partial charge in [-0.2, -0.15) is 4.31 Å². The number of fused-ring (bicyclic) bond motifs is 1. The summed E-state index contributed by atoms with van der Waals surface area (Å²) in [6.07, 6.45) is 2.02. The molecule has 1 saturated heterocycles. The predicted octanol–water partition coefficient (Wildman–Crippen LogP) is 4.57. The van der Waals surface area contributed by atoms with Crippen molar-refractivity contribution in [1.82, 2.24) is 9.21 Å². The molecule has 7 nitrogen and oxygen atoms in total. The summed E-state index contributed by atoms with van der Waals surface area (Å²) in [6.45, 7) is 2.76. The Morgan fingerprint density at radius 2 is 1.97 bits per heavy atom. The average molecular weight is 559 g/mol. The zero-order valence-corrected chi connectivity index (χ0v) is 22.8. The van der Waals surface area contributed by atoms with Crippen molar-refractivity contribution in [3.63, 3.8) is 0 Å². The highest BCUT2D eigenvalue weighted by Crippen LogP contribution is 2.34. The van der Waals surface area contributed by atoms with Crippen LogP contribution < -0.4 is 4.74 Å². The smallest absolute Gasteiger partial charge is 0.243 e. The quantitative estimate of drug-likeness (QED) is 0.385. The molecule has 0 spiro atoms. The van der Waals surface area contributed by atoms with Crippen LogP contribution in [0.5, 0.6) is 5.75 Å². The first-order chi connectivity index (χ1) is 18.3. The monoisotopic (exact) mass is 558 g/mol. The molecule has 2 aromatic carbocycles. The number of ether oxygens (including phenoxy) is 2. The van der Waals surface area contributed by atoms with E-state index in [9.17, 15) is 17.6 Å². The van der Waals surface area contributed by atoms with E-state index >= 15 is 0 Å². The van der Waals surface area contributed by atoms with E-state index < -0.39 is 21.9 Å². The predicted molar refractivity (Wildman–Crippen MR) is 143 cm³/mol. The van der Waals surface area contributed by atoms with Crippen LogP contribution in [0.2, 0.25) is 0 Å². The molecule has 0 aliphatic carbocycles. The zero-order valence-electron chi connectivity index (χ0n) is 21.2.